The van der Waals surface area contributed by atoms with Crippen LogP contribution in [0.1, 0.15) is 109 Å². The van der Waals surface area contributed by atoms with Crippen LogP contribution in [0.5, 0.6) is 0 Å². The summed E-state index contributed by atoms with van der Waals surface area (Å²) in [5.74, 6) is 7.16. The standard InChI is InChI=1S/C27H41NO2/c1-6-8-9-10-11-12-22-13-15-23(16-14-22)24-17-19-25(20-18-24)28(21-7-2)26(29)30-27(3,4)5/h13-16,24-25H,6-10,17-21H2,1-5H3. The van der Waals surface area contributed by atoms with Crippen LogP contribution in [0.2, 0.25) is 0 Å². The third-order valence-electron chi connectivity index (χ3n) is 5.75. The summed E-state index contributed by atoms with van der Waals surface area (Å²) >= 11 is 0. The Bertz CT molecular complexity index is 697. The Morgan fingerprint density at radius 2 is 1.70 bits per heavy atom. The molecule has 0 saturated heterocycles. The molecule has 1 aliphatic rings. The molecule has 1 saturated carbocycles. The van der Waals surface area contributed by atoms with E-state index in [2.05, 4.69) is 50.0 Å². The smallest absolute Gasteiger partial charge is 0.410 e. The van der Waals surface area contributed by atoms with E-state index in [9.17, 15) is 4.79 Å². The van der Waals surface area contributed by atoms with Crippen LogP contribution in [0.3, 0.4) is 0 Å². The number of carbonyl (C=O) groups is 1. The van der Waals surface area contributed by atoms with Crippen molar-refractivity contribution in [3.8, 4) is 11.8 Å². The fourth-order valence-electron chi connectivity index (χ4n) is 4.17. The highest BCUT2D eigenvalue weighted by Crippen LogP contribution is 2.35. The fraction of sp³-hybridized carbons (Fsp3) is 0.667. The molecule has 1 fully saturated rings. The van der Waals surface area contributed by atoms with Gasteiger partial charge >= 0.3 is 6.09 Å². The largest absolute Gasteiger partial charge is 0.444 e. The number of carbonyl (C=O) groups excluding carboxylic acids is 1. The molecule has 3 nitrogen and oxygen atoms in total. The average Bonchev–Trinajstić information content (AvgIpc) is 2.71. The molecule has 0 bridgehead atoms. The summed E-state index contributed by atoms with van der Waals surface area (Å²) in [4.78, 5) is 14.6. The molecule has 0 spiro atoms. The lowest BCUT2D eigenvalue weighted by molar-refractivity contribution is 0.0115. The summed E-state index contributed by atoms with van der Waals surface area (Å²) in [5.41, 5.74) is 2.08. The second-order valence-corrected chi connectivity index (χ2v) is 9.56. The van der Waals surface area contributed by atoms with Gasteiger partial charge in [-0.2, -0.15) is 0 Å². The molecular weight excluding hydrogens is 370 g/mol. The molecule has 0 N–H and O–H groups in total. The molecule has 0 unspecified atom stereocenters. The lowest BCUT2D eigenvalue weighted by atomic mass is 9.81. The molecule has 0 atom stereocenters. The van der Waals surface area contributed by atoms with E-state index in [1.807, 2.05) is 25.7 Å². The van der Waals surface area contributed by atoms with Crippen molar-refractivity contribution in [2.45, 2.75) is 110 Å². The molecule has 166 valence electrons. The van der Waals surface area contributed by atoms with Gasteiger partial charge < -0.3 is 9.64 Å². The Morgan fingerprint density at radius 1 is 1.03 bits per heavy atom. The van der Waals surface area contributed by atoms with Crippen LogP contribution in [0.4, 0.5) is 4.79 Å². The zero-order chi connectivity index (χ0) is 22.0. The van der Waals surface area contributed by atoms with E-state index in [1.54, 1.807) is 0 Å². The summed E-state index contributed by atoms with van der Waals surface area (Å²) in [6.07, 6.45) is 9.83. The number of hydrogen-bond donors (Lipinski definition) is 0. The normalized spacial score (nSPS) is 19.0. The van der Waals surface area contributed by atoms with Crippen LogP contribution in [0.15, 0.2) is 24.3 Å². The minimum atomic E-state index is -0.444. The van der Waals surface area contributed by atoms with Crippen LogP contribution >= 0.6 is 0 Å². The third kappa shape index (κ3) is 8.05. The Labute approximate surface area is 184 Å². The monoisotopic (exact) mass is 411 g/mol. The molecule has 1 amide bonds. The van der Waals surface area contributed by atoms with E-state index in [0.29, 0.717) is 12.0 Å². The maximum atomic E-state index is 12.7. The minimum Gasteiger partial charge on any atom is -0.444 e. The van der Waals surface area contributed by atoms with Gasteiger partial charge in [-0.1, -0.05) is 50.7 Å². The lowest BCUT2D eigenvalue weighted by Crippen LogP contribution is -2.45. The van der Waals surface area contributed by atoms with Gasteiger partial charge in [0.2, 0.25) is 0 Å². The zero-order valence-corrected chi connectivity index (χ0v) is 19.8. The Morgan fingerprint density at radius 3 is 2.27 bits per heavy atom. The van der Waals surface area contributed by atoms with E-state index >= 15 is 0 Å². The molecule has 0 radical (unpaired) electrons. The zero-order valence-electron chi connectivity index (χ0n) is 19.8. The second kappa shape index (κ2) is 12.0. The first kappa shape index (κ1) is 24.3. The van der Waals surface area contributed by atoms with Crippen molar-refractivity contribution in [1.82, 2.24) is 4.90 Å². The van der Waals surface area contributed by atoms with Crippen LogP contribution < -0.4 is 0 Å². The summed E-state index contributed by atoms with van der Waals surface area (Å²) in [6, 6.07) is 9.12. The number of hydrogen-bond acceptors (Lipinski definition) is 2. The Kier molecular flexibility index (Phi) is 9.76. The Hall–Kier alpha value is -1.95. The fourth-order valence-corrected chi connectivity index (χ4v) is 4.17. The van der Waals surface area contributed by atoms with E-state index in [-0.39, 0.29) is 6.09 Å². The molecular formula is C27H41NO2. The van der Waals surface area contributed by atoms with Gasteiger partial charge in [0, 0.05) is 24.6 Å². The van der Waals surface area contributed by atoms with Crippen molar-refractivity contribution in [1.29, 1.82) is 0 Å². The SMILES string of the molecule is CCCCCC#Cc1ccc(C2CCC(N(CCC)C(=O)OC(C)(C)C)CC2)cc1. The summed E-state index contributed by atoms with van der Waals surface area (Å²) in [6.45, 7) is 10.9. The number of amides is 1. The van der Waals surface area contributed by atoms with Crippen LogP contribution in [-0.2, 0) is 4.74 Å². The molecule has 0 aromatic heterocycles. The van der Waals surface area contributed by atoms with Crippen LogP contribution in [0, 0.1) is 11.8 Å². The second-order valence-electron chi connectivity index (χ2n) is 9.56. The van der Waals surface area contributed by atoms with E-state index < -0.39 is 5.60 Å². The van der Waals surface area contributed by atoms with Crippen molar-refractivity contribution in [2.24, 2.45) is 0 Å². The van der Waals surface area contributed by atoms with Crippen molar-refractivity contribution in [2.75, 3.05) is 6.54 Å². The predicted molar refractivity (Wildman–Crippen MR) is 126 cm³/mol. The lowest BCUT2D eigenvalue weighted by Gasteiger charge is -2.37. The Balaban J connectivity index is 1.90. The topological polar surface area (TPSA) is 29.5 Å². The number of ether oxygens (including phenoxy) is 1. The highest BCUT2D eigenvalue weighted by atomic mass is 16.6. The summed E-state index contributed by atoms with van der Waals surface area (Å²) in [5, 5.41) is 0. The van der Waals surface area contributed by atoms with E-state index in [1.165, 1.54) is 24.8 Å². The molecule has 1 aromatic rings. The first-order chi connectivity index (χ1) is 14.3. The first-order valence-electron chi connectivity index (χ1n) is 11.9. The van der Waals surface area contributed by atoms with E-state index in [0.717, 1.165) is 50.6 Å². The quantitative estimate of drug-likeness (QED) is 0.348. The number of unbranched alkanes of at least 4 members (excludes halogenated alkanes) is 3. The minimum absolute atomic E-state index is 0.158. The van der Waals surface area contributed by atoms with Gasteiger partial charge in [0.1, 0.15) is 5.60 Å². The first-order valence-corrected chi connectivity index (χ1v) is 11.9. The van der Waals surface area contributed by atoms with Crippen molar-refractivity contribution in [3.05, 3.63) is 35.4 Å². The van der Waals surface area contributed by atoms with Gasteiger partial charge in [0.05, 0.1) is 0 Å². The van der Waals surface area contributed by atoms with Crippen LogP contribution in [-0.4, -0.2) is 29.2 Å². The van der Waals surface area contributed by atoms with E-state index in [4.69, 9.17) is 4.74 Å². The van der Waals surface area contributed by atoms with Crippen LogP contribution in [0.25, 0.3) is 0 Å². The van der Waals surface area contributed by atoms with Gasteiger partial charge in [0.15, 0.2) is 0 Å². The summed E-state index contributed by atoms with van der Waals surface area (Å²) in [7, 11) is 0. The molecule has 0 aliphatic heterocycles. The molecule has 30 heavy (non-hydrogen) atoms. The van der Waals surface area contributed by atoms with Gasteiger partial charge in [-0.05, 0) is 82.9 Å². The highest BCUT2D eigenvalue weighted by Gasteiger charge is 2.31. The third-order valence-corrected chi connectivity index (χ3v) is 5.75. The molecule has 2 rings (SSSR count). The van der Waals surface area contributed by atoms with Gasteiger partial charge in [-0.15, -0.1) is 0 Å². The van der Waals surface area contributed by atoms with Gasteiger partial charge in [-0.3, -0.25) is 0 Å². The molecule has 1 aliphatic carbocycles. The molecule has 0 heterocycles. The maximum absolute atomic E-state index is 12.7. The average molecular weight is 412 g/mol. The number of rotatable bonds is 7. The maximum Gasteiger partial charge on any atom is 0.410 e. The van der Waals surface area contributed by atoms with Crippen molar-refractivity contribution < 1.29 is 9.53 Å². The van der Waals surface area contributed by atoms with Gasteiger partial charge in [-0.25, -0.2) is 4.79 Å². The van der Waals surface area contributed by atoms with Gasteiger partial charge in [0.25, 0.3) is 0 Å². The van der Waals surface area contributed by atoms with Crippen molar-refractivity contribution in [3.63, 3.8) is 0 Å². The number of nitrogens with zero attached hydrogens (tertiary/aromatic N) is 1. The summed E-state index contributed by atoms with van der Waals surface area (Å²) < 4.78 is 5.66. The highest BCUT2D eigenvalue weighted by molar-refractivity contribution is 5.68. The molecule has 3 heteroatoms. The number of benzene rings is 1. The molecule has 1 aromatic carbocycles. The van der Waals surface area contributed by atoms with Crippen molar-refractivity contribution >= 4 is 6.09 Å². The predicted octanol–water partition coefficient (Wildman–Crippen LogP) is 7.29.